The lowest BCUT2D eigenvalue weighted by atomic mass is 9.96. The highest BCUT2D eigenvalue weighted by atomic mass is 16.5. The van der Waals surface area contributed by atoms with Gasteiger partial charge in [-0.25, -0.2) is 10.9 Å². The maximum atomic E-state index is 12.5. The zero-order valence-electron chi connectivity index (χ0n) is 21.5. The van der Waals surface area contributed by atoms with Crippen LogP contribution in [0.1, 0.15) is 24.0 Å². The number of carbonyl (C=O) groups is 2. The molecule has 0 bridgehead atoms. The van der Waals surface area contributed by atoms with E-state index in [1.165, 1.54) is 12.4 Å². The van der Waals surface area contributed by atoms with Gasteiger partial charge in [0.25, 0.3) is 5.91 Å². The minimum atomic E-state index is -0.232. The van der Waals surface area contributed by atoms with Crippen molar-refractivity contribution in [1.82, 2.24) is 15.8 Å². The summed E-state index contributed by atoms with van der Waals surface area (Å²) < 4.78 is 21.0. The Labute approximate surface area is 216 Å². The molecule has 0 unspecified atom stereocenters. The molecule has 0 saturated carbocycles. The van der Waals surface area contributed by atoms with E-state index in [0.717, 1.165) is 5.56 Å². The third-order valence-corrected chi connectivity index (χ3v) is 5.98. The SMILES string of the molecule is COc1ccc(/C=N\NC(=O)CN2CCC(C(=O)N/N=C/c3ccc(OC)cc3OC)CC2)c(OC)c1. The van der Waals surface area contributed by atoms with Crippen molar-refractivity contribution >= 4 is 24.2 Å². The van der Waals surface area contributed by atoms with Gasteiger partial charge in [0.1, 0.15) is 23.0 Å². The molecule has 2 aromatic carbocycles. The highest BCUT2D eigenvalue weighted by Gasteiger charge is 2.25. The van der Waals surface area contributed by atoms with Gasteiger partial charge in [-0.1, -0.05) is 0 Å². The largest absolute Gasteiger partial charge is 0.497 e. The summed E-state index contributed by atoms with van der Waals surface area (Å²) in [6.07, 6.45) is 4.33. The van der Waals surface area contributed by atoms with Gasteiger partial charge in [0.05, 0.1) is 47.4 Å². The molecular weight excluding hydrogens is 478 g/mol. The first-order chi connectivity index (χ1) is 18.0. The zero-order valence-corrected chi connectivity index (χ0v) is 21.5. The van der Waals surface area contributed by atoms with Crippen LogP contribution in [0.25, 0.3) is 0 Å². The molecule has 0 aromatic heterocycles. The van der Waals surface area contributed by atoms with Crippen molar-refractivity contribution in [2.45, 2.75) is 12.8 Å². The monoisotopic (exact) mass is 511 g/mol. The molecule has 1 saturated heterocycles. The lowest BCUT2D eigenvalue weighted by molar-refractivity contribution is -0.126. The van der Waals surface area contributed by atoms with Crippen molar-refractivity contribution in [3.05, 3.63) is 47.5 Å². The molecule has 2 N–H and O–H groups in total. The third kappa shape index (κ3) is 7.94. The molecule has 11 heteroatoms. The minimum Gasteiger partial charge on any atom is -0.497 e. The Kier molecular flexibility index (Phi) is 10.3. The second kappa shape index (κ2) is 13.8. The highest BCUT2D eigenvalue weighted by Crippen LogP contribution is 2.24. The smallest absolute Gasteiger partial charge is 0.254 e. The van der Waals surface area contributed by atoms with Gasteiger partial charge in [0.15, 0.2) is 0 Å². The maximum Gasteiger partial charge on any atom is 0.254 e. The topological polar surface area (TPSA) is 123 Å². The average molecular weight is 512 g/mol. The normalized spacial score (nSPS) is 14.5. The quantitative estimate of drug-likeness (QED) is 0.350. The van der Waals surface area contributed by atoms with Crippen LogP contribution in [-0.4, -0.2) is 77.2 Å². The van der Waals surface area contributed by atoms with Crippen molar-refractivity contribution in [2.24, 2.45) is 16.1 Å². The number of nitrogens with zero attached hydrogens (tertiary/aromatic N) is 3. The number of hydrogen-bond acceptors (Lipinski definition) is 9. The first-order valence-electron chi connectivity index (χ1n) is 11.8. The summed E-state index contributed by atoms with van der Waals surface area (Å²) in [7, 11) is 6.27. The Hall–Kier alpha value is -4.12. The molecule has 3 rings (SSSR count). The van der Waals surface area contributed by atoms with Gasteiger partial charge in [-0.3, -0.25) is 14.5 Å². The molecule has 2 amide bonds. The number of likely N-dealkylation sites (tertiary alicyclic amines) is 1. The summed E-state index contributed by atoms with van der Waals surface area (Å²) in [4.78, 5) is 26.8. The summed E-state index contributed by atoms with van der Waals surface area (Å²) in [5.74, 6) is 1.97. The molecule has 1 fully saturated rings. The second-order valence-corrected chi connectivity index (χ2v) is 8.29. The number of carbonyl (C=O) groups excluding carboxylic acids is 2. The van der Waals surface area contributed by atoms with Crippen molar-refractivity contribution in [1.29, 1.82) is 0 Å². The van der Waals surface area contributed by atoms with Gasteiger partial charge in [-0.2, -0.15) is 10.2 Å². The summed E-state index contributed by atoms with van der Waals surface area (Å²) in [6.45, 7) is 1.44. The van der Waals surface area contributed by atoms with E-state index in [-0.39, 0.29) is 24.3 Å². The zero-order chi connectivity index (χ0) is 26.6. The molecule has 0 aliphatic carbocycles. The number of ether oxygens (including phenoxy) is 4. The number of hydrogen-bond donors (Lipinski definition) is 2. The van der Waals surface area contributed by atoms with Crippen LogP contribution in [0.2, 0.25) is 0 Å². The van der Waals surface area contributed by atoms with Gasteiger partial charge >= 0.3 is 0 Å². The van der Waals surface area contributed by atoms with Crippen molar-refractivity contribution in [3.8, 4) is 23.0 Å². The molecule has 198 valence electrons. The first-order valence-corrected chi connectivity index (χ1v) is 11.8. The number of benzene rings is 2. The van der Waals surface area contributed by atoms with Crippen LogP contribution < -0.4 is 29.8 Å². The van der Waals surface area contributed by atoms with Gasteiger partial charge in [-0.05, 0) is 50.2 Å². The molecule has 1 aliphatic rings. The fourth-order valence-corrected chi connectivity index (χ4v) is 3.87. The number of piperidine rings is 1. The predicted molar refractivity (Wildman–Crippen MR) is 140 cm³/mol. The van der Waals surface area contributed by atoms with E-state index < -0.39 is 0 Å². The van der Waals surface area contributed by atoms with E-state index in [9.17, 15) is 9.59 Å². The number of amides is 2. The van der Waals surface area contributed by atoms with E-state index in [1.807, 2.05) is 4.90 Å². The Bertz CT molecular complexity index is 1130. The Morgan fingerprint density at radius 3 is 1.84 bits per heavy atom. The van der Waals surface area contributed by atoms with Gasteiger partial charge in [0, 0.05) is 29.2 Å². The summed E-state index contributed by atoms with van der Waals surface area (Å²) in [6, 6.07) is 10.7. The molecule has 2 aromatic rings. The number of rotatable bonds is 11. The average Bonchev–Trinajstić information content (AvgIpc) is 2.93. The molecule has 0 spiro atoms. The van der Waals surface area contributed by atoms with Crippen LogP contribution in [0.4, 0.5) is 0 Å². The number of hydrazone groups is 2. The Morgan fingerprint density at radius 2 is 1.35 bits per heavy atom. The van der Waals surface area contributed by atoms with Gasteiger partial charge in [-0.15, -0.1) is 0 Å². The maximum absolute atomic E-state index is 12.5. The first kappa shape index (κ1) is 27.5. The fraction of sp³-hybridized carbons (Fsp3) is 0.385. The molecular formula is C26H33N5O6. The van der Waals surface area contributed by atoms with Gasteiger partial charge in [0.2, 0.25) is 5.91 Å². The molecule has 1 aliphatic heterocycles. The number of methoxy groups -OCH3 is 4. The van der Waals surface area contributed by atoms with Crippen LogP contribution in [-0.2, 0) is 9.59 Å². The van der Waals surface area contributed by atoms with Crippen LogP contribution in [0, 0.1) is 5.92 Å². The van der Waals surface area contributed by atoms with Crippen molar-refractivity contribution < 1.29 is 28.5 Å². The van der Waals surface area contributed by atoms with Crippen molar-refractivity contribution in [2.75, 3.05) is 48.1 Å². The van der Waals surface area contributed by atoms with E-state index >= 15 is 0 Å². The van der Waals surface area contributed by atoms with E-state index in [1.54, 1.807) is 64.8 Å². The minimum absolute atomic E-state index is 0.147. The van der Waals surface area contributed by atoms with Crippen molar-refractivity contribution in [3.63, 3.8) is 0 Å². The van der Waals surface area contributed by atoms with E-state index in [2.05, 4.69) is 21.1 Å². The molecule has 0 radical (unpaired) electrons. The molecule has 11 nitrogen and oxygen atoms in total. The number of nitrogens with one attached hydrogen (secondary N) is 2. The van der Waals surface area contributed by atoms with Crippen LogP contribution >= 0.6 is 0 Å². The Morgan fingerprint density at radius 1 is 0.838 bits per heavy atom. The Balaban J connectivity index is 1.41. The van der Waals surface area contributed by atoms with Crippen LogP contribution in [0.5, 0.6) is 23.0 Å². The predicted octanol–water partition coefficient (Wildman–Crippen LogP) is 2.03. The standard InChI is InChI=1S/C26H33N5O6/c1-34-21-7-5-19(23(13-21)36-3)15-27-29-25(32)17-31-11-9-18(10-12-31)26(33)30-28-16-20-6-8-22(35-2)14-24(20)37-4/h5-8,13-16,18H,9-12,17H2,1-4H3,(H,29,32)(H,30,33)/b27-15-,28-16+. The van der Waals surface area contributed by atoms with Gasteiger partial charge < -0.3 is 18.9 Å². The lowest BCUT2D eigenvalue weighted by Gasteiger charge is -2.30. The van der Waals surface area contributed by atoms with E-state index in [4.69, 9.17) is 18.9 Å². The molecule has 37 heavy (non-hydrogen) atoms. The van der Waals surface area contributed by atoms with E-state index in [0.29, 0.717) is 54.5 Å². The molecule has 1 heterocycles. The molecule has 0 atom stereocenters. The summed E-state index contributed by atoms with van der Waals surface area (Å²) in [5, 5.41) is 8.10. The highest BCUT2D eigenvalue weighted by molar-refractivity contribution is 5.87. The second-order valence-electron chi connectivity index (χ2n) is 8.29. The van der Waals surface area contributed by atoms with Crippen LogP contribution in [0.3, 0.4) is 0 Å². The fourth-order valence-electron chi connectivity index (χ4n) is 3.87. The lowest BCUT2D eigenvalue weighted by Crippen LogP contribution is -2.43. The third-order valence-electron chi connectivity index (χ3n) is 5.98. The summed E-state index contributed by atoms with van der Waals surface area (Å²) >= 11 is 0. The van der Waals surface area contributed by atoms with Crippen LogP contribution in [0.15, 0.2) is 46.6 Å². The summed E-state index contributed by atoms with van der Waals surface area (Å²) in [5.41, 5.74) is 6.57.